The molecule has 0 saturated carbocycles. The summed E-state index contributed by atoms with van der Waals surface area (Å²) < 4.78 is 1.65. The van der Waals surface area contributed by atoms with Crippen LogP contribution in [0.5, 0.6) is 0 Å². The molecule has 26 heavy (non-hydrogen) atoms. The van der Waals surface area contributed by atoms with E-state index in [4.69, 9.17) is 0 Å². The van der Waals surface area contributed by atoms with Crippen molar-refractivity contribution in [2.75, 3.05) is 13.1 Å². The van der Waals surface area contributed by atoms with Gasteiger partial charge in [0.25, 0.3) is 5.91 Å². The molecule has 0 unspecified atom stereocenters. The standard InChI is InChI=1S/C17H19N7OS/c1-5-23(6-2)17(25)13-10(4)12-15-19-14(11-7-9(3)20-21-11)22-24(15)8-18-16(12)26-13/h7-8H,5-6H2,1-4H3,(H,20,21). The molecule has 0 aliphatic rings. The van der Waals surface area contributed by atoms with Crippen molar-refractivity contribution < 1.29 is 4.79 Å². The number of thiophene rings is 1. The first-order valence-corrected chi connectivity index (χ1v) is 9.31. The fourth-order valence-electron chi connectivity index (χ4n) is 3.03. The number of amides is 1. The molecule has 134 valence electrons. The summed E-state index contributed by atoms with van der Waals surface area (Å²) in [6.45, 7) is 9.21. The number of aryl methyl sites for hydroxylation is 2. The minimum absolute atomic E-state index is 0.0383. The summed E-state index contributed by atoms with van der Waals surface area (Å²) in [5.74, 6) is 0.571. The van der Waals surface area contributed by atoms with Crippen molar-refractivity contribution in [2.45, 2.75) is 27.7 Å². The number of hydrogen-bond acceptors (Lipinski definition) is 6. The number of carbonyl (C=O) groups is 1. The zero-order valence-electron chi connectivity index (χ0n) is 15.1. The molecule has 4 heterocycles. The molecule has 8 nitrogen and oxygen atoms in total. The average molecular weight is 369 g/mol. The first kappa shape index (κ1) is 16.6. The van der Waals surface area contributed by atoms with Gasteiger partial charge in [0.15, 0.2) is 5.65 Å². The Kier molecular flexibility index (Phi) is 3.95. The topological polar surface area (TPSA) is 92.1 Å². The van der Waals surface area contributed by atoms with Gasteiger partial charge in [-0.3, -0.25) is 9.89 Å². The maximum absolute atomic E-state index is 12.8. The smallest absolute Gasteiger partial charge is 0.264 e. The number of nitrogens with zero attached hydrogens (tertiary/aromatic N) is 6. The highest BCUT2D eigenvalue weighted by Crippen LogP contribution is 2.33. The van der Waals surface area contributed by atoms with Gasteiger partial charge in [0.05, 0.1) is 10.3 Å². The highest BCUT2D eigenvalue weighted by molar-refractivity contribution is 7.20. The van der Waals surface area contributed by atoms with E-state index in [1.165, 1.54) is 11.3 Å². The molecule has 1 amide bonds. The van der Waals surface area contributed by atoms with Gasteiger partial charge >= 0.3 is 0 Å². The Labute approximate surface area is 153 Å². The van der Waals surface area contributed by atoms with Crippen LogP contribution >= 0.6 is 11.3 Å². The van der Waals surface area contributed by atoms with Crippen molar-refractivity contribution in [2.24, 2.45) is 0 Å². The molecular formula is C17H19N7OS. The molecule has 1 N–H and O–H groups in total. The molecule has 4 aromatic heterocycles. The maximum atomic E-state index is 12.8. The summed E-state index contributed by atoms with van der Waals surface area (Å²) in [7, 11) is 0. The van der Waals surface area contributed by atoms with Crippen LogP contribution in [0.15, 0.2) is 12.4 Å². The van der Waals surface area contributed by atoms with Gasteiger partial charge < -0.3 is 4.90 Å². The van der Waals surface area contributed by atoms with Crippen molar-refractivity contribution >= 4 is 33.1 Å². The summed E-state index contributed by atoms with van der Waals surface area (Å²) >= 11 is 1.41. The van der Waals surface area contributed by atoms with Crippen molar-refractivity contribution in [1.29, 1.82) is 0 Å². The molecule has 0 atom stereocenters. The predicted molar refractivity (Wildman–Crippen MR) is 100 cm³/mol. The third kappa shape index (κ3) is 2.47. The van der Waals surface area contributed by atoms with Crippen LogP contribution in [-0.2, 0) is 0 Å². The lowest BCUT2D eigenvalue weighted by atomic mass is 10.2. The summed E-state index contributed by atoms with van der Waals surface area (Å²) in [5, 5.41) is 12.5. The molecule has 0 saturated heterocycles. The van der Waals surface area contributed by atoms with Gasteiger partial charge in [-0.2, -0.15) is 5.10 Å². The number of H-pyrrole nitrogens is 1. The number of hydrogen-bond donors (Lipinski definition) is 1. The van der Waals surface area contributed by atoms with Crippen LogP contribution in [0.4, 0.5) is 0 Å². The molecule has 0 aliphatic carbocycles. The molecule has 4 rings (SSSR count). The third-order valence-corrected chi connectivity index (χ3v) is 5.64. The summed E-state index contributed by atoms with van der Waals surface area (Å²) in [6, 6.07) is 1.90. The second-order valence-electron chi connectivity index (χ2n) is 6.10. The number of nitrogens with one attached hydrogen (secondary N) is 1. The third-order valence-electron chi connectivity index (χ3n) is 4.45. The number of fused-ring (bicyclic) bond motifs is 3. The Morgan fingerprint density at radius 3 is 2.73 bits per heavy atom. The van der Waals surface area contributed by atoms with Crippen molar-refractivity contribution in [3.05, 3.63) is 28.5 Å². The van der Waals surface area contributed by atoms with E-state index in [0.717, 1.165) is 21.5 Å². The lowest BCUT2D eigenvalue weighted by molar-refractivity contribution is 0.0777. The Hall–Kier alpha value is -2.81. The molecule has 9 heteroatoms. The number of aromatic nitrogens is 6. The molecule has 0 bridgehead atoms. The van der Waals surface area contributed by atoms with E-state index in [9.17, 15) is 4.79 Å². The second kappa shape index (κ2) is 6.17. The number of carbonyl (C=O) groups excluding carboxylic acids is 1. The van der Waals surface area contributed by atoms with Gasteiger partial charge in [-0.15, -0.1) is 16.4 Å². The van der Waals surface area contributed by atoms with E-state index < -0.39 is 0 Å². The number of aromatic amines is 1. The Balaban J connectivity index is 1.90. The fourth-order valence-corrected chi connectivity index (χ4v) is 4.14. The Morgan fingerprint density at radius 2 is 2.08 bits per heavy atom. The van der Waals surface area contributed by atoms with Crippen molar-refractivity contribution in [3.63, 3.8) is 0 Å². The molecule has 0 aromatic carbocycles. The van der Waals surface area contributed by atoms with Crippen LogP contribution < -0.4 is 0 Å². The van der Waals surface area contributed by atoms with Gasteiger partial charge in [0.2, 0.25) is 5.82 Å². The van der Waals surface area contributed by atoms with Crippen LogP contribution in [-0.4, -0.2) is 53.7 Å². The van der Waals surface area contributed by atoms with E-state index >= 15 is 0 Å². The van der Waals surface area contributed by atoms with Gasteiger partial charge in [0, 0.05) is 18.8 Å². The van der Waals surface area contributed by atoms with Crippen LogP contribution in [0, 0.1) is 13.8 Å². The largest absolute Gasteiger partial charge is 0.338 e. The van der Waals surface area contributed by atoms with E-state index in [1.807, 2.05) is 38.7 Å². The molecule has 0 fully saturated rings. The van der Waals surface area contributed by atoms with Crippen LogP contribution in [0.3, 0.4) is 0 Å². The van der Waals surface area contributed by atoms with Gasteiger partial charge in [-0.05, 0) is 39.3 Å². The van der Waals surface area contributed by atoms with E-state index in [-0.39, 0.29) is 5.91 Å². The first-order chi connectivity index (χ1) is 12.5. The first-order valence-electron chi connectivity index (χ1n) is 8.49. The van der Waals surface area contributed by atoms with E-state index in [1.54, 1.807) is 10.8 Å². The van der Waals surface area contributed by atoms with Crippen LogP contribution in [0.2, 0.25) is 0 Å². The summed E-state index contributed by atoms with van der Waals surface area (Å²) in [5.41, 5.74) is 3.22. The van der Waals surface area contributed by atoms with Gasteiger partial charge in [0.1, 0.15) is 16.9 Å². The lowest BCUT2D eigenvalue weighted by Crippen LogP contribution is -2.30. The van der Waals surface area contributed by atoms with Crippen LogP contribution in [0.1, 0.15) is 34.8 Å². The lowest BCUT2D eigenvalue weighted by Gasteiger charge is -2.17. The minimum Gasteiger partial charge on any atom is -0.338 e. The maximum Gasteiger partial charge on any atom is 0.264 e. The van der Waals surface area contributed by atoms with Crippen molar-refractivity contribution in [3.8, 4) is 11.5 Å². The Morgan fingerprint density at radius 1 is 1.31 bits per heavy atom. The quantitative estimate of drug-likeness (QED) is 0.597. The highest BCUT2D eigenvalue weighted by atomic mass is 32.1. The SMILES string of the molecule is CCN(CC)C(=O)c1sc2ncn3nc(-c4cc(C)[nH]n4)nc3c2c1C. The van der Waals surface area contributed by atoms with Crippen LogP contribution in [0.25, 0.3) is 27.4 Å². The second-order valence-corrected chi connectivity index (χ2v) is 7.10. The average Bonchev–Trinajstić information content (AvgIpc) is 3.32. The highest BCUT2D eigenvalue weighted by Gasteiger charge is 2.23. The monoisotopic (exact) mass is 369 g/mol. The summed E-state index contributed by atoms with van der Waals surface area (Å²) in [6.07, 6.45) is 1.63. The fraction of sp³-hybridized carbons (Fsp3) is 0.353. The van der Waals surface area contributed by atoms with Crippen molar-refractivity contribution in [1.82, 2.24) is 34.7 Å². The van der Waals surface area contributed by atoms with Gasteiger partial charge in [-0.1, -0.05) is 0 Å². The molecule has 0 spiro atoms. The molecular weight excluding hydrogens is 350 g/mol. The molecule has 0 aliphatic heterocycles. The zero-order chi connectivity index (χ0) is 18.4. The predicted octanol–water partition coefficient (Wildman–Crippen LogP) is 2.83. The summed E-state index contributed by atoms with van der Waals surface area (Å²) in [4.78, 5) is 25.3. The minimum atomic E-state index is 0.0383. The van der Waals surface area contributed by atoms with Gasteiger partial charge in [-0.25, -0.2) is 14.5 Å². The Bertz CT molecular complexity index is 1120. The van der Waals surface area contributed by atoms with E-state index in [2.05, 4.69) is 25.3 Å². The zero-order valence-corrected chi connectivity index (χ0v) is 15.9. The number of rotatable bonds is 4. The molecule has 0 radical (unpaired) electrons. The normalized spacial score (nSPS) is 11.5. The molecule has 4 aromatic rings. The van der Waals surface area contributed by atoms with E-state index in [0.29, 0.717) is 35.1 Å².